The normalized spacial score (nSPS) is 20.5. The van der Waals surface area contributed by atoms with Gasteiger partial charge in [-0.2, -0.15) is 0 Å². The number of rotatable bonds is 6. The summed E-state index contributed by atoms with van der Waals surface area (Å²) >= 11 is 0. The molecule has 1 N–H and O–H groups in total. The van der Waals surface area contributed by atoms with Crippen molar-refractivity contribution in [2.75, 3.05) is 6.61 Å². The molecule has 3 heteroatoms. The summed E-state index contributed by atoms with van der Waals surface area (Å²) in [5, 5.41) is 3.48. The average molecular weight is 213 g/mol. The van der Waals surface area contributed by atoms with Crippen LogP contribution in [0.1, 0.15) is 52.9 Å². The van der Waals surface area contributed by atoms with Crippen molar-refractivity contribution in [1.29, 1.82) is 0 Å². The lowest BCUT2D eigenvalue weighted by molar-refractivity contribution is -0.146. The van der Waals surface area contributed by atoms with E-state index >= 15 is 0 Å². The third-order valence-electron chi connectivity index (χ3n) is 3.45. The largest absolute Gasteiger partial charge is 0.465 e. The topological polar surface area (TPSA) is 38.3 Å². The molecule has 1 unspecified atom stereocenters. The molecule has 0 spiro atoms. The molecule has 0 radical (unpaired) electrons. The number of carbonyl (C=O) groups excluding carboxylic acids is 1. The Morgan fingerprint density at radius 3 is 2.40 bits per heavy atom. The summed E-state index contributed by atoms with van der Waals surface area (Å²) in [5.74, 6) is -0.0975. The van der Waals surface area contributed by atoms with Crippen LogP contribution in [0.25, 0.3) is 0 Å². The Morgan fingerprint density at radius 2 is 2.07 bits per heavy atom. The molecule has 0 bridgehead atoms. The van der Waals surface area contributed by atoms with Crippen molar-refractivity contribution < 1.29 is 9.53 Å². The third-order valence-corrected chi connectivity index (χ3v) is 3.45. The van der Waals surface area contributed by atoms with Crippen LogP contribution >= 0.6 is 0 Å². The van der Waals surface area contributed by atoms with E-state index in [1.165, 1.54) is 19.3 Å². The van der Waals surface area contributed by atoms with Gasteiger partial charge in [0, 0.05) is 5.54 Å². The van der Waals surface area contributed by atoms with E-state index in [0.717, 1.165) is 12.8 Å². The van der Waals surface area contributed by atoms with Gasteiger partial charge in [0.05, 0.1) is 6.61 Å². The highest BCUT2D eigenvalue weighted by Crippen LogP contribution is 2.35. The quantitative estimate of drug-likeness (QED) is 0.688. The van der Waals surface area contributed by atoms with Gasteiger partial charge in [0.1, 0.15) is 6.04 Å². The van der Waals surface area contributed by atoms with Gasteiger partial charge >= 0.3 is 5.97 Å². The summed E-state index contributed by atoms with van der Waals surface area (Å²) in [5.41, 5.74) is 0.216. The average Bonchev–Trinajstić information content (AvgIpc) is 2.18. The highest BCUT2D eigenvalue weighted by molar-refractivity contribution is 5.75. The molecule has 0 aromatic rings. The van der Waals surface area contributed by atoms with E-state index in [4.69, 9.17) is 4.74 Å². The molecule has 0 amide bonds. The summed E-state index contributed by atoms with van der Waals surface area (Å²) in [6.45, 7) is 6.53. The van der Waals surface area contributed by atoms with Crippen LogP contribution in [0.4, 0.5) is 0 Å². The van der Waals surface area contributed by atoms with Crippen LogP contribution in [0.5, 0.6) is 0 Å². The van der Waals surface area contributed by atoms with Gasteiger partial charge in [0.15, 0.2) is 0 Å². The van der Waals surface area contributed by atoms with Crippen molar-refractivity contribution in [3.63, 3.8) is 0 Å². The van der Waals surface area contributed by atoms with Crippen molar-refractivity contribution >= 4 is 5.97 Å². The summed E-state index contributed by atoms with van der Waals surface area (Å²) in [6.07, 6.45) is 5.57. The monoisotopic (exact) mass is 213 g/mol. The molecule has 1 fully saturated rings. The Labute approximate surface area is 92.6 Å². The second-order valence-electron chi connectivity index (χ2n) is 4.34. The maximum absolute atomic E-state index is 11.6. The molecular weight excluding hydrogens is 190 g/mol. The Kier molecular flexibility index (Phi) is 4.58. The van der Waals surface area contributed by atoms with Gasteiger partial charge in [0.2, 0.25) is 0 Å². The fourth-order valence-corrected chi connectivity index (χ4v) is 2.14. The van der Waals surface area contributed by atoms with Crippen LogP contribution in [0.15, 0.2) is 0 Å². The van der Waals surface area contributed by atoms with Gasteiger partial charge in [-0.1, -0.05) is 13.8 Å². The van der Waals surface area contributed by atoms with E-state index < -0.39 is 0 Å². The fourth-order valence-electron chi connectivity index (χ4n) is 2.14. The molecule has 0 aliphatic heterocycles. The van der Waals surface area contributed by atoms with Crippen molar-refractivity contribution in [3.8, 4) is 0 Å². The van der Waals surface area contributed by atoms with Gasteiger partial charge in [-0.05, 0) is 39.0 Å². The molecule has 1 saturated carbocycles. The van der Waals surface area contributed by atoms with E-state index in [2.05, 4.69) is 12.2 Å². The predicted octanol–water partition coefficient (Wildman–Crippen LogP) is 2.25. The summed E-state index contributed by atoms with van der Waals surface area (Å²) in [4.78, 5) is 11.6. The smallest absolute Gasteiger partial charge is 0.323 e. The van der Waals surface area contributed by atoms with Gasteiger partial charge < -0.3 is 4.74 Å². The number of esters is 1. The minimum Gasteiger partial charge on any atom is -0.465 e. The first-order chi connectivity index (χ1) is 7.17. The molecule has 0 aromatic heterocycles. The van der Waals surface area contributed by atoms with Gasteiger partial charge in [-0.25, -0.2) is 0 Å². The number of hydrogen-bond acceptors (Lipinski definition) is 3. The van der Waals surface area contributed by atoms with Crippen molar-refractivity contribution in [2.24, 2.45) is 0 Å². The predicted molar refractivity (Wildman–Crippen MR) is 60.7 cm³/mol. The molecule has 15 heavy (non-hydrogen) atoms. The standard InChI is InChI=1S/C12H23NO2/c1-4-10(11(14)15-6-3)13-12(5-2)8-7-9-12/h10,13H,4-9H2,1-3H3. The maximum Gasteiger partial charge on any atom is 0.323 e. The van der Waals surface area contributed by atoms with Crippen LogP contribution < -0.4 is 5.32 Å². The molecule has 1 aliphatic carbocycles. The Bertz CT molecular complexity index is 206. The lowest BCUT2D eigenvalue weighted by Gasteiger charge is -2.44. The van der Waals surface area contributed by atoms with Crippen LogP contribution in [0.2, 0.25) is 0 Å². The second-order valence-corrected chi connectivity index (χ2v) is 4.34. The van der Waals surface area contributed by atoms with E-state index in [1.807, 2.05) is 13.8 Å². The first kappa shape index (κ1) is 12.5. The van der Waals surface area contributed by atoms with E-state index in [1.54, 1.807) is 0 Å². The summed E-state index contributed by atoms with van der Waals surface area (Å²) in [7, 11) is 0. The Balaban J connectivity index is 2.48. The van der Waals surface area contributed by atoms with E-state index in [9.17, 15) is 4.79 Å². The van der Waals surface area contributed by atoms with E-state index in [0.29, 0.717) is 6.61 Å². The molecule has 88 valence electrons. The number of hydrogen-bond donors (Lipinski definition) is 1. The van der Waals surface area contributed by atoms with Gasteiger partial charge in [-0.15, -0.1) is 0 Å². The summed E-state index contributed by atoms with van der Waals surface area (Å²) in [6, 6.07) is -0.120. The number of nitrogens with one attached hydrogen (secondary N) is 1. The van der Waals surface area contributed by atoms with Crippen LogP contribution in [0.3, 0.4) is 0 Å². The summed E-state index contributed by atoms with van der Waals surface area (Å²) < 4.78 is 5.05. The molecular formula is C12H23NO2. The minimum atomic E-state index is -0.120. The molecule has 1 atom stereocenters. The van der Waals surface area contributed by atoms with Crippen LogP contribution in [-0.2, 0) is 9.53 Å². The second kappa shape index (κ2) is 5.50. The molecule has 3 nitrogen and oxygen atoms in total. The number of carbonyl (C=O) groups is 1. The molecule has 0 aromatic carbocycles. The fraction of sp³-hybridized carbons (Fsp3) is 0.917. The lowest BCUT2D eigenvalue weighted by Crippen LogP contribution is -2.56. The Morgan fingerprint density at radius 1 is 1.40 bits per heavy atom. The first-order valence-electron chi connectivity index (χ1n) is 6.11. The van der Waals surface area contributed by atoms with Crippen molar-refractivity contribution in [2.45, 2.75) is 64.5 Å². The van der Waals surface area contributed by atoms with Crippen molar-refractivity contribution in [3.05, 3.63) is 0 Å². The first-order valence-corrected chi connectivity index (χ1v) is 6.11. The third kappa shape index (κ3) is 2.94. The van der Waals surface area contributed by atoms with Gasteiger partial charge in [-0.3, -0.25) is 10.1 Å². The molecule has 0 saturated heterocycles. The molecule has 0 heterocycles. The zero-order valence-corrected chi connectivity index (χ0v) is 10.1. The molecule has 1 rings (SSSR count). The SMILES string of the molecule is CCOC(=O)C(CC)NC1(CC)CCC1. The maximum atomic E-state index is 11.6. The van der Waals surface area contributed by atoms with Crippen molar-refractivity contribution in [1.82, 2.24) is 5.32 Å². The lowest BCUT2D eigenvalue weighted by atomic mass is 9.74. The van der Waals surface area contributed by atoms with Crippen LogP contribution in [0, 0.1) is 0 Å². The van der Waals surface area contributed by atoms with E-state index in [-0.39, 0.29) is 17.6 Å². The van der Waals surface area contributed by atoms with Crippen LogP contribution in [-0.4, -0.2) is 24.2 Å². The minimum absolute atomic E-state index is 0.0975. The zero-order chi connectivity index (χ0) is 11.3. The molecule has 1 aliphatic rings. The highest BCUT2D eigenvalue weighted by atomic mass is 16.5. The highest BCUT2D eigenvalue weighted by Gasteiger charge is 2.38. The Hall–Kier alpha value is -0.570. The zero-order valence-electron chi connectivity index (χ0n) is 10.1. The number of ether oxygens (including phenoxy) is 1. The van der Waals surface area contributed by atoms with Gasteiger partial charge in [0.25, 0.3) is 0 Å².